The van der Waals surface area contributed by atoms with E-state index in [2.05, 4.69) is 20.0 Å². The van der Waals surface area contributed by atoms with Crippen molar-refractivity contribution in [3.8, 4) is 11.5 Å². The highest BCUT2D eigenvalue weighted by atomic mass is 32.2. The predicted molar refractivity (Wildman–Crippen MR) is 162 cm³/mol. The Morgan fingerprint density at radius 3 is 2.56 bits per heavy atom. The maximum absolute atomic E-state index is 15.2. The van der Waals surface area contributed by atoms with Crippen LogP contribution in [0.15, 0.2) is 30.7 Å². The average Bonchev–Trinajstić information content (AvgIpc) is 3.35. The number of hydrogen-bond donors (Lipinski definition) is 2. The van der Waals surface area contributed by atoms with Crippen molar-refractivity contribution in [2.24, 2.45) is 11.8 Å². The minimum absolute atomic E-state index is 0.00557. The summed E-state index contributed by atoms with van der Waals surface area (Å²) >= 11 is 0. The maximum Gasteiger partial charge on any atom is 0.257 e. The summed E-state index contributed by atoms with van der Waals surface area (Å²) in [5.74, 6) is 0.186. The van der Waals surface area contributed by atoms with Crippen LogP contribution in [0.3, 0.4) is 0 Å². The Kier molecular flexibility index (Phi) is 11.3. The summed E-state index contributed by atoms with van der Waals surface area (Å²) < 4.78 is 62.0. The third-order valence-electron chi connectivity index (χ3n) is 8.35. The van der Waals surface area contributed by atoms with E-state index in [-0.39, 0.29) is 53.3 Å². The van der Waals surface area contributed by atoms with Crippen LogP contribution < -0.4 is 19.7 Å². The van der Waals surface area contributed by atoms with E-state index in [0.29, 0.717) is 31.4 Å². The van der Waals surface area contributed by atoms with E-state index in [9.17, 15) is 17.6 Å². The van der Waals surface area contributed by atoms with Crippen LogP contribution in [0.25, 0.3) is 0 Å². The highest BCUT2D eigenvalue weighted by Crippen LogP contribution is 2.35. The fourth-order valence-electron chi connectivity index (χ4n) is 5.89. The van der Waals surface area contributed by atoms with Gasteiger partial charge in [-0.1, -0.05) is 0 Å². The average molecular weight is 623 g/mol. The number of ether oxygens (including phenoxy) is 1. The molecule has 0 spiro atoms. The van der Waals surface area contributed by atoms with Crippen molar-refractivity contribution >= 4 is 21.7 Å². The van der Waals surface area contributed by atoms with Crippen LogP contribution in [0.4, 0.5) is 14.6 Å². The van der Waals surface area contributed by atoms with Crippen molar-refractivity contribution in [1.29, 1.82) is 0 Å². The number of alkyl halides is 1. The Hall–Kier alpha value is -2.90. The van der Waals surface area contributed by atoms with Gasteiger partial charge in [-0.25, -0.2) is 31.9 Å². The summed E-state index contributed by atoms with van der Waals surface area (Å²) in [5, 5.41) is 3.43. The second-order valence-electron chi connectivity index (χ2n) is 11.7. The molecule has 1 aliphatic carbocycles. The number of halogens is 2. The molecule has 2 aliphatic rings. The van der Waals surface area contributed by atoms with Crippen LogP contribution in [0, 0.1) is 17.7 Å². The smallest absolute Gasteiger partial charge is 0.257 e. The number of carbonyl (C=O) groups excluding carboxylic acids is 1. The zero-order chi connectivity index (χ0) is 31.1. The van der Waals surface area contributed by atoms with Gasteiger partial charge in [0.15, 0.2) is 11.6 Å². The molecule has 1 aromatic heterocycles. The molecule has 1 saturated carbocycles. The maximum atomic E-state index is 15.2. The van der Waals surface area contributed by atoms with Crippen molar-refractivity contribution < 1.29 is 26.7 Å². The van der Waals surface area contributed by atoms with Gasteiger partial charge in [0.2, 0.25) is 10.0 Å². The molecular formula is C30H44F2N6O4S. The van der Waals surface area contributed by atoms with Crippen LogP contribution in [-0.4, -0.2) is 85.9 Å². The molecule has 2 atom stereocenters. The molecule has 2 heterocycles. The van der Waals surface area contributed by atoms with Gasteiger partial charge in [-0.3, -0.25) is 4.79 Å². The molecule has 1 saturated heterocycles. The third kappa shape index (κ3) is 8.60. The normalized spacial score (nSPS) is 22.6. The molecule has 1 aromatic carbocycles. The number of anilines is 1. The Balaban J connectivity index is 1.36. The number of carbonyl (C=O) groups is 1. The Bertz CT molecular complexity index is 1340. The number of benzene rings is 1. The van der Waals surface area contributed by atoms with Gasteiger partial charge in [0.25, 0.3) is 5.91 Å². The first-order valence-electron chi connectivity index (χ1n) is 15.2. The lowest BCUT2D eigenvalue weighted by molar-refractivity contribution is 0.0713. The van der Waals surface area contributed by atoms with Crippen LogP contribution in [0.1, 0.15) is 63.7 Å². The first-order chi connectivity index (χ1) is 20.5. The van der Waals surface area contributed by atoms with Crippen molar-refractivity contribution in [2.45, 2.75) is 71.6 Å². The monoisotopic (exact) mass is 622 g/mol. The summed E-state index contributed by atoms with van der Waals surface area (Å²) in [7, 11) is -3.20. The van der Waals surface area contributed by atoms with Gasteiger partial charge in [0, 0.05) is 37.6 Å². The number of rotatable bonds is 13. The zero-order valence-corrected chi connectivity index (χ0v) is 26.2. The Labute approximate surface area is 253 Å². The molecule has 2 aromatic rings. The second-order valence-corrected chi connectivity index (χ2v) is 13.8. The fraction of sp³-hybridized carbons (Fsp3) is 0.633. The SMILES string of the molecule is CCN(C(=O)c1cc(F)ccc1Oc1cncnc1N1C[C@@H](CNC[C@H]2CC[C@H](NS(=O)(=O)CC)CC2)[C@H](F)C1)C(C)C. The van der Waals surface area contributed by atoms with Gasteiger partial charge < -0.3 is 19.9 Å². The topological polar surface area (TPSA) is 117 Å². The summed E-state index contributed by atoms with van der Waals surface area (Å²) in [6.07, 6.45) is 5.20. The lowest BCUT2D eigenvalue weighted by atomic mass is 9.86. The van der Waals surface area contributed by atoms with Crippen LogP contribution in [0.2, 0.25) is 0 Å². The van der Waals surface area contributed by atoms with E-state index < -0.39 is 22.0 Å². The lowest BCUT2D eigenvalue weighted by Gasteiger charge is -2.29. The van der Waals surface area contributed by atoms with Gasteiger partial charge in [-0.15, -0.1) is 0 Å². The van der Waals surface area contributed by atoms with Gasteiger partial charge >= 0.3 is 0 Å². The third-order valence-corrected chi connectivity index (χ3v) is 9.80. The first-order valence-corrected chi connectivity index (χ1v) is 16.8. The molecule has 0 unspecified atom stereocenters. The van der Waals surface area contributed by atoms with Gasteiger partial charge in [-0.05, 0) is 84.0 Å². The number of hydrogen-bond acceptors (Lipinski definition) is 8. The molecule has 1 amide bonds. The molecule has 13 heteroatoms. The fourth-order valence-corrected chi connectivity index (χ4v) is 6.80. The molecule has 1 aliphatic heterocycles. The number of amides is 1. The number of sulfonamides is 1. The van der Waals surface area contributed by atoms with Crippen molar-refractivity contribution in [3.63, 3.8) is 0 Å². The van der Waals surface area contributed by atoms with Gasteiger partial charge in [-0.2, -0.15) is 0 Å². The Morgan fingerprint density at radius 1 is 1.14 bits per heavy atom. The summed E-state index contributed by atoms with van der Waals surface area (Å²) in [6, 6.07) is 3.71. The molecule has 10 nitrogen and oxygen atoms in total. The van der Waals surface area contributed by atoms with Crippen molar-refractivity contribution in [3.05, 3.63) is 42.1 Å². The van der Waals surface area contributed by atoms with E-state index in [1.807, 2.05) is 25.7 Å². The zero-order valence-electron chi connectivity index (χ0n) is 25.4. The van der Waals surface area contributed by atoms with Crippen LogP contribution >= 0.6 is 0 Å². The van der Waals surface area contributed by atoms with E-state index >= 15 is 4.39 Å². The minimum Gasteiger partial charge on any atom is -0.451 e. The quantitative estimate of drug-likeness (QED) is 0.343. The lowest BCUT2D eigenvalue weighted by Crippen LogP contribution is -2.40. The number of nitrogens with zero attached hydrogens (tertiary/aromatic N) is 4. The van der Waals surface area contributed by atoms with Crippen LogP contribution in [0.5, 0.6) is 11.5 Å². The summed E-state index contributed by atoms with van der Waals surface area (Å²) in [5.41, 5.74) is 0.0917. The van der Waals surface area contributed by atoms with E-state index in [1.165, 1.54) is 24.7 Å². The number of nitrogens with one attached hydrogen (secondary N) is 2. The molecular weight excluding hydrogens is 578 g/mol. The van der Waals surface area contributed by atoms with E-state index in [0.717, 1.165) is 38.3 Å². The summed E-state index contributed by atoms with van der Waals surface area (Å²) in [4.78, 5) is 25.1. The number of aromatic nitrogens is 2. The standard InChI is InChI=1S/C30H44F2N6O4S/c1-5-38(20(3)4)30(39)25-13-23(31)9-12-27(25)42-28-16-34-19-35-29(28)37-17-22(26(32)18-37)15-33-14-21-7-10-24(11-8-21)36-43(40,41)6-2/h9,12-13,16,19-22,24,26,33,36H,5-8,10-11,14-15,17-18H2,1-4H3/t21-,22-,24-,26-/m1/s1. The molecule has 4 rings (SSSR count). The summed E-state index contributed by atoms with van der Waals surface area (Å²) in [6.45, 7) is 9.53. The Morgan fingerprint density at radius 2 is 1.88 bits per heavy atom. The van der Waals surface area contributed by atoms with E-state index in [1.54, 1.807) is 11.8 Å². The molecule has 43 heavy (non-hydrogen) atoms. The molecule has 238 valence electrons. The van der Waals surface area contributed by atoms with Crippen LogP contribution in [-0.2, 0) is 10.0 Å². The molecule has 2 fully saturated rings. The van der Waals surface area contributed by atoms with Crippen molar-refractivity contribution in [1.82, 2.24) is 24.9 Å². The largest absolute Gasteiger partial charge is 0.451 e. The minimum atomic E-state index is -3.20. The van der Waals surface area contributed by atoms with Gasteiger partial charge in [0.1, 0.15) is 24.1 Å². The van der Waals surface area contributed by atoms with E-state index in [4.69, 9.17) is 4.74 Å². The predicted octanol–water partition coefficient (Wildman–Crippen LogP) is 4.14. The molecule has 0 radical (unpaired) electrons. The first kappa shape index (κ1) is 33.0. The molecule has 2 N–H and O–H groups in total. The highest BCUT2D eigenvalue weighted by Gasteiger charge is 2.35. The molecule has 0 bridgehead atoms. The van der Waals surface area contributed by atoms with Gasteiger partial charge in [0.05, 0.1) is 24.1 Å². The second kappa shape index (κ2) is 14.7. The highest BCUT2D eigenvalue weighted by molar-refractivity contribution is 7.89. The van der Waals surface area contributed by atoms with Crippen molar-refractivity contribution in [2.75, 3.05) is 43.4 Å².